The fourth-order valence-electron chi connectivity index (χ4n) is 4.53. The van der Waals surface area contributed by atoms with Crippen LogP contribution in [0.1, 0.15) is 55.6 Å². The SMILES string of the molecule is Cc1cc(-c2ccc(C3CCC(C4CC4)CC3)cc2)cc(Cl)c1N=C=S. The average Bonchev–Trinajstić information content (AvgIpc) is 3.50. The van der Waals surface area contributed by atoms with Gasteiger partial charge in [-0.3, -0.25) is 0 Å². The predicted molar refractivity (Wildman–Crippen MR) is 114 cm³/mol. The van der Waals surface area contributed by atoms with Gasteiger partial charge in [-0.05, 0) is 110 Å². The van der Waals surface area contributed by atoms with E-state index >= 15 is 0 Å². The minimum Gasteiger partial charge on any atom is -0.193 e. The lowest BCUT2D eigenvalue weighted by atomic mass is 9.77. The van der Waals surface area contributed by atoms with Crippen molar-refractivity contribution in [3.05, 3.63) is 52.5 Å². The normalized spacial score (nSPS) is 22.7. The summed E-state index contributed by atoms with van der Waals surface area (Å²) in [5.41, 5.74) is 5.55. The summed E-state index contributed by atoms with van der Waals surface area (Å²) >= 11 is 11.1. The lowest BCUT2D eigenvalue weighted by Gasteiger charge is -2.29. The molecule has 2 saturated carbocycles. The molecule has 0 saturated heterocycles. The Morgan fingerprint density at radius 1 is 0.923 bits per heavy atom. The molecule has 0 aliphatic heterocycles. The number of rotatable bonds is 4. The predicted octanol–water partition coefficient (Wildman–Crippen LogP) is 7.73. The zero-order valence-electron chi connectivity index (χ0n) is 15.2. The van der Waals surface area contributed by atoms with E-state index in [0.29, 0.717) is 5.02 Å². The van der Waals surface area contributed by atoms with E-state index in [1.165, 1.54) is 49.7 Å². The molecule has 2 aliphatic carbocycles. The first-order valence-corrected chi connectivity index (χ1v) is 10.4. The number of nitrogens with zero attached hydrogens (tertiary/aromatic N) is 1. The van der Waals surface area contributed by atoms with Gasteiger partial charge in [-0.15, -0.1) is 0 Å². The van der Waals surface area contributed by atoms with Crippen LogP contribution in [0.25, 0.3) is 11.1 Å². The molecular weight excluding hydrogens is 358 g/mol. The number of isothiocyanates is 1. The fraction of sp³-hybridized carbons (Fsp3) is 0.435. The van der Waals surface area contributed by atoms with E-state index in [-0.39, 0.29) is 0 Å². The molecule has 2 fully saturated rings. The molecule has 0 heterocycles. The highest BCUT2D eigenvalue weighted by atomic mass is 35.5. The molecule has 0 aromatic heterocycles. The molecule has 134 valence electrons. The molecule has 0 bridgehead atoms. The number of hydrogen-bond acceptors (Lipinski definition) is 2. The van der Waals surface area contributed by atoms with Gasteiger partial charge in [0.2, 0.25) is 0 Å². The standard InChI is InChI=1S/C23H24ClNS/c1-15-12-21(13-22(24)23(15)25-14-26)20-10-8-19(9-11-20)18-6-4-17(5-7-18)16-2-3-16/h8-13,16-18H,2-7H2,1H3. The molecule has 0 amide bonds. The van der Waals surface area contributed by atoms with E-state index < -0.39 is 0 Å². The Morgan fingerprint density at radius 3 is 2.08 bits per heavy atom. The van der Waals surface area contributed by atoms with Crippen molar-refractivity contribution < 1.29 is 0 Å². The molecule has 2 aliphatic rings. The Hall–Kier alpha value is -1.47. The van der Waals surface area contributed by atoms with Gasteiger partial charge in [-0.1, -0.05) is 35.9 Å². The third-order valence-electron chi connectivity index (χ3n) is 6.19. The number of benzene rings is 2. The second kappa shape index (κ2) is 7.64. The van der Waals surface area contributed by atoms with E-state index in [2.05, 4.69) is 40.5 Å². The van der Waals surface area contributed by atoms with Gasteiger partial charge in [0.25, 0.3) is 0 Å². The first kappa shape index (κ1) is 17.9. The van der Waals surface area contributed by atoms with Crippen molar-refractivity contribution in [2.75, 3.05) is 0 Å². The maximum atomic E-state index is 6.38. The molecule has 3 heteroatoms. The van der Waals surface area contributed by atoms with Crippen LogP contribution in [0.4, 0.5) is 5.69 Å². The van der Waals surface area contributed by atoms with Gasteiger partial charge in [0.05, 0.1) is 15.9 Å². The maximum absolute atomic E-state index is 6.38. The topological polar surface area (TPSA) is 12.4 Å². The van der Waals surface area contributed by atoms with Crippen LogP contribution in [0.15, 0.2) is 41.4 Å². The fourth-order valence-corrected chi connectivity index (χ4v) is 4.93. The minimum absolute atomic E-state index is 0.625. The van der Waals surface area contributed by atoms with Crippen molar-refractivity contribution in [1.82, 2.24) is 0 Å². The molecule has 4 rings (SSSR count). The summed E-state index contributed by atoms with van der Waals surface area (Å²) in [6, 6.07) is 13.2. The first-order chi connectivity index (χ1) is 12.7. The van der Waals surface area contributed by atoms with Crippen LogP contribution in [0.2, 0.25) is 5.02 Å². The molecule has 0 atom stereocenters. The Morgan fingerprint density at radius 2 is 1.54 bits per heavy atom. The van der Waals surface area contributed by atoms with Crippen LogP contribution in [-0.4, -0.2) is 5.16 Å². The van der Waals surface area contributed by atoms with Crippen LogP contribution >= 0.6 is 23.8 Å². The summed E-state index contributed by atoms with van der Waals surface area (Å²) in [7, 11) is 0. The van der Waals surface area contributed by atoms with Crippen molar-refractivity contribution in [1.29, 1.82) is 0 Å². The van der Waals surface area contributed by atoms with E-state index in [1.54, 1.807) is 0 Å². The second-order valence-corrected chi connectivity index (χ2v) is 8.49. The van der Waals surface area contributed by atoms with Gasteiger partial charge in [-0.2, -0.15) is 4.99 Å². The number of halogens is 1. The summed E-state index contributed by atoms with van der Waals surface area (Å²) in [6.07, 6.45) is 8.54. The second-order valence-electron chi connectivity index (χ2n) is 7.90. The van der Waals surface area contributed by atoms with Crippen molar-refractivity contribution >= 4 is 34.7 Å². The van der Waals surface area contributed by atoms with Gasteiger partial charge in [-0.25, -0.2) is 0 Å². The highest BCUT2D eigenvalue weighted by Gasteiger charge is 2.34. The number of aliphatic imine (C=N–C) groups is 1. The molecule has 0 N–H and O–H groups in total. The lowest BCUT2D eigenvalue weighted by Crippen LogP contribution is -2.14. The Kier molecular flexibility index (Phi) is 5.27. The van der Waals surface area contributed by atoms with E-state index in [0.717, 1.165) is 34.6 Å². The minimum atomic E-state index is 0.625. The molecule has 0 unspecified atom stereocenters. The number of thiocarbonyl (C=S) groups is 1. The highest BCUT2D eigenvalue weighted by Crippen LogP contribution is 2.47. The summed E-state index contributed by atoms with van der Waals surface area (Å²) < 4.78 is 0. The zero-order chi connectivity index (χ0) is 18.1. The molecular formula is C23H24ClNS. The number of hydrogen-bond donors (Lipinski definition) is 0. The van der Waals surface area contributed by atoms with Crippen molar-refractivity contribution in [2.45, 2.75) is 51.4 Å². The van der Waals surface area contributed by atoms with Crippen LogP contribution in [0, 0.1) is 18.8 Å². The van der Waals surface area contributed by atoms with E-state index in [1.807, 2.05) is 13.0 Å². The summed E-state index contributed by atoms with van der Waals surface area (Å²) in [5, 5.41) is 3.03. The smallest absolute Gasteiger partial charge is 0.0955 e. The summed E-state index contributed by atoms with van der Waals surface area (Å²) in [4.78, 5) is 4.07. The van der Waals surface area contributed by atoms with Crippen molar-refractivity contribution in [3.63, 3.8) is 0 Å². The van der Waals surface area contributed by atoms with Gasteiger partial charge < -0.3 is 0 Å². The van der Waals surface area contributed by atoms with Gasteiger partial charge in [0, 0.05) is 0 Å². The Labute approximate surface area is 166 Å². The lowest BCUT2D eigenvalue weighted by molar-refractivity contribution is 0.296. The van der Waals surface area contributed by atoms with Gasteiger partial charge in [0.15, 0.2) is 0 Å². The van der Waals surface area contributed by atoms with Crippen molar-refractivity contribution in [2.24, 2.45) is 16.8 Å². The summed E-state index contributed by atoms with van der Waals surface area (Å²) in [6.45, 7) is 2.01. The average molecular weight is 382 g/mol. The van der Waals surface area contributed by atoms with Crippen LogP contribution in [0.5, 0.6) is 0 Å². The van der Waals surface area contributed by atoms with Gasteiger partial charge in [0.1, 0.15) is 0 Å². The van der Waals surface area contributed by atoms with Gasteiger partial charge >= 0.3 is 0 Å². The quantitative estimate of drug-likeness (QED) is 0.389. The molecule has 0 spiro atoms. The molecule has 1 nitrogen and oxygen atoms in total. The largest absolute Gasteiger partial charge is 0.193 e. The molecule has 2 aromatic carbocycles. The molecule has 26 heavy (non-hydrogen) atoms. The highest BCUT2D eigenvalue weighted by molar-refractivity contribution is 7.78. The van der Waals surface area contributed by atoms with Crippen LogP contribution in [-0.2, 0) is 0 Å². The molecule has 2 aromatic rings. The Bertz CT molecular complexity index is 816. The Balaban J connectivity index is 1.50. The number of aryl methyl sites for hydroxylation is 1. The third-order valence-corrected chi connectivity index (χ3v) is 6.57. The van der Waals surface area contributed by atoms with Crippen LogP contribution < -0.4 is 0 Å². The molecule has 0 radical (unpaired) electrons. The van der Waals surface area contributed by atoms with E-state index in [4.69, 9.17) is 23.8 Å². The van der Waals surface area contributed by atoms with E-state index in [9.17, 15) is 0 Å². The zero-order valence-corrected chi connectivity index (χ0v) is 16.7. The first-order valence-electron chi connectivity index (χ1n) is 9.64. The maximum Gasteiger partial charge on any atom is 0.0955 e. The monoisotopic (exact) mass is 381 g/mol. The van der Waals surface area contributed by atoms with Crippen LogP contribution in [0.3, 0.4) is 0 Å². The van der Waals surface area contributed by atoms with Crippen molar-refractivity contribution in [3.8, 4) is 11.1 Å². The third kappa shape index (κ3) is 3.78. The summed E-state index contributed by atoms with van der Waals surface area (Å²) in [5.74, 6) is 2.82.